The summed E-state index contributed by atoms with van der Waals surface area (Å²) in [6.45, 7) is 0. The zero-order chi connectivity index (χ0) is 10.8. The average Bonchev–Trinajstić information content (AvgIpc) is 2.10. The molecule has 2 N–H and O–H groups in total. The maximum Gasteiger partial charge on any atom is 0.333 e. The van der Waals surface area contributed by atoms with Gasteiger partial charge in [0, 0.05) is 0 Å². The number of hydrogen-bond acceptors (Lipinski definition) is 4. The summed E-state index contributed by atoms with van der Waals surface area (Å²) in [5.41, 5.74) is 5.56. The highest BCUT2D eigenvalue weighted by Gasteiger charge is 2.25. The molecule has 1 aromatic carbocycles. The van der Waals surface area contributed by atoms with Gasteiger partial charge >= 0.3 is 5.69 Å². The van der Waals surface area contributed by atoms with Crippen molar-refractivity contribution in [3.63, 3.8) is 0 Å². The van der Waals surface area contributed by atoms with Crippen molar-refractivity contribution in [1.82, 2.24) is 0 Å². The number of nitro benzene ring substituents is 1. The molecule has 0 atom stereocenters. The van der Waals surface area contributed by atoms with Crippen molar-refractivity contribution in [2.75, 3.05) is 5.73 Å². The number of nitrogens with zero attached hydrogens (tertiary/aromatic N) is 1. The second kappa shape index (κ2) is 3.76. The van der Waals surface area contributed by atoms with Gasteiger partial charge in [0.15, 0.2) is 5.75 Å². The van der Waals surface area contributed by atoms with E-state index in [4.69, 9.17) is 10.5 Å². The van der Waals surface area contributed by atoms with E-state index in [2.05, 4.69) is 0 Å². The van der Waals surface area contributed by atoms with Crippen molar-refractivity contribution in [1.29, 1.82) is 0 Å². The van der Waals surface area contributed by atoms with Crippen molar-refractivity contribution in [2.45, 2.75) is 25.4 Å². The van der Waals surface area contributed by atoms with Crippen LogP contribution in [0.5, 0.6) is 5.75 Å². The van der Waals surface area contributed by atoms with Crippen LogP contribution in [0.15, 0.2) is 18.2 Å². The normalized spacial score (nSPS) is 15.7. The number of nitrogen functional groups attached to an aromatic ring is 1. The van der Waals surface area contributed by atoms with Crippen molar-refractivity contribution in [2.24, 2.45) is 0 Å². The van der Waals surface area contributed by atoms with E-state index in [0.717, 1.165) is 19.3 Å². The number of para-hydroxylation sites is 1. The SMILES string of the molecule is Nc1cccc(OC2CCC2)c1[N+](=O)[O-]. The number of rotatable bonds is 3. The summed E-state index contributed by atoms with van der Waals surface area (Å²) in [7, 11) is 0. The Labute approximate surface area is 87.0 Å². The van der Waals surface area contributed by atoms with E-state index in [1.165, 1.54) is 6.07 Å². The molecule has 0 heterocycles. The number of nitro groups is 1. The van der Waals surface area contributed by atoms with Crippen molar-refractivity contribution in [3.8, 4) is 5.75 Å². The number of benzene rings is 1. The van der Waals surface area contributed by atoms with Crippen LogP contribution in [0.3, 0.4) is 0 Å². The number of nitrogens with two attached hydrogens (primary N) is 1. The van der Waals surface area contributed by atoms with Crippen LogP contribution in [0.4, 0.5) is 11.4 Å². The number of anilines is 1. The van der Waals surface area contributed by atoms with Gasteiger partial charge in [0.2, 0.25) is 0 Å². The Morgan fingerprint density at radius 1 is 1.47 bits per heavy atom. The summed E-state index contributed by atoms with van der Waals surface area (Å²) >= 11 is 0. The fraction of sp³-hybridized carbons (Fsp3) is 0.400. The van der Waals surface area contributed by atoms with E-state index in [-0.39, 0.29) is 23.2 Å². The van der Waals surface area contributed by atoms with Gasteiger partial charge < -0.3 is 10.5 Å². The molecule has 80 valence electrons. The lowest BCUT2D eigenvalue weighted by Gasteiger charge is -2.26. The second-order valence-electron chi connectivity index (χ2n) is 3.62. The quantitative estimate of drug-likeness (QED) is 0.468. The molecule has 1 saturated carbocycles. The highest BCUT2D eigenvalue weighted by atomic mass is 16.6. The molecule has 5 heteroatoms. The Morgan fingerprint density at radius 2 is 2.20 bits per heavy atom. The molecule has 1 aromatic rings. The molecular formula is C10H12N2O3. The van der Waals surface area contributed by atoms with Crippen molar-refractivity contribution in [3.05, 3.63) is 28.3 Å². The zero-order valence-electron chi connectivity index (χ0n) is 8.18. The van der Waals surface area contributed by atoms with Crippen LogP contribution in [-0.2, 0) is 0 Å². The van der Waals surface area contributed by atoms with Crippen LogP contribution in [-0.4, -0.2) is 11.0 Å². The standard InChI is InChI=1S/C10H12N2O3/c11-8-5-2-6-9(10(8)12(13)14)15-7-3-1-4-7/h2,5-7H,1,3-4,11H2. The first kappa shape index (κ1) is 9.76. The van der Waals surface area contributed by atoms with Gasteiger partial charge in [0.25, 0.3) is 0 Å². The first-order valence-corrected chi connectivity index (χ1v) is 4.88. The Balaban J connectivity index is 2.27. The molecular weight excluding hydrogens is 196 g/mol. The molecule has 0 aliphatic heterocycles. The van der Waals surface area contributed by atoms with Crippen LogP contribution in [0, 0.1) is 10.1 Å². The molecule has 0 aromatic heterocycles. The molecule has 0 bridgehead atoms. The molecule has 1 fully saturated rings. The van der Waals surface area contributed by atoms with Gasteiger partial charge in [0.1, 0.15) is 5.69 Å². The topological polar surface area (TPSA) is 78.4 Å². The molecule has 0 radical (unpaired) electrons. The largest absolute Gasteiger partial charge is 0.483 e. The van der Waals surface area contributed by atoms with Crippen molar-refractivity contribution < 1.29 is 9.66 Å². The number of ether oxygens (including phenoxy) is 1. The van der Waals surface area contributed by atoms with Crippen LogP contribution in [0.2, 0.25) is 0 Å². The Morgan fingerprint density at radius 3 is 2.73 bits per heavy atom. The van der Waals surface area contributed by atoms with Crippen LogP contribution in [0.25, 0.3) is 0 Å². The Bertz CT molecular complexity index is 388. The summed E-state index contributed by atoms with van der Waals surface area (Å²) < 4.78 is 5.50. The number of hydrogen-bond donors (Lipinski definition) is 1. The third kappa shape index (κ3) is 1.86. The molecule has 0 saturated heterocycles. The minimum Gasteiger partial charge on any atom is -0.483 e. The summed E-state index contributed by atoms with van der Waals surface area (Å²) in [4.78, 5) is 10.3. The van der Waals surface area contributed by atoms with Gasteiger partial charge in [-0.1, -0.05) is 6.07 Å². The monoisotopic (exact) mass is 208 g/mol. The van der Waals surface area contributed by atoms with Crippen LogP contribution in [0.1, 0.15) is 19.3 Å². The van der Waals surface area contributed by atoms with E-state index < -0.39 is 4.92 Å². The predicted octanol–water partition coefficient (Wildman–Crippen LogP) is 2.11. The third-order valence-corrected chi connectivity index (χ3v) is 2.56. The zero-order valence-corrected chi connectivity index (χ0v) is 8.18. The van der Waals surface area contributed by atoms with E-state index >= 15 is 0 Å². The summed E-state index contributed by atoms with van der Waals surface area (Å²) in [6, 6.07) is 4.76. The molecule has 1 aliphatic rings. The van der Waals surface area contributed by atoms with Gasteiger partial charge in [-0.3, -0.25) is 10.1 Å². The summed E-state index contributed by atoms with van der Waals surface area (Å²) in [6.07, 6.45) is 3.17. The molecule has 0 unspecified atom stereocenters. The smallest absolute Gasteiger partial charge is 0.333 e. The lowest BCUT2D eigenvalue weighted by atomic mass is 9.96. The Kier molecular flexibility index (Phi) is 2.45. The maximum atomic E-state index is 10.8. The van der Waals surface area contributed by atoms with Crippen LogP contribution < -0.4 is 10.5 Å². The van der Waals surface area contributed by atoms with E-state index in [1.807, 2.05) is 0 Å². The minimum atomic E-state index is -0.497. The van der Waals surface area contributed by atoms with E-state index in [9.17, 15) is 10.1 Å². The van der Waals surface area contributed by atoms with Gasteiger partial charge in [-0.05, 0) is 31.4 Å². The maximum absolute atomic E-state index is 10.8. The third-order valence-electron chi connectivity index (χ3n) is 2.56. The molecule has 2 rings (SSSR count). The van der Waals surface area contributed by atoms with Gasteiger partial charge in [0.05, 0.1) is 11.0 Å². The lowest BCUT2D eigenvalue weighted by molar-refractivity contribution is -0.385. The Hall–Kier alpha value is -1.78. The average molecular weight is 208 g/mol. The van der Waals surface area contributed by atoms with Crippen LogP contribution >= 0.6 is 0 Å². The molecule has 0 spiro atoms. The molecule has 5 nitrogen and oxygen atoms in total. The summed E-state index contributed by atoms with van der Waals surface area (Å²) in [5.74, 6) is 0.282. The van der Waals surface area contributed by atoms with Crippen molar-refractivity contribution >= 4 is 11.4 Å². The van der Waals surface area contributed by atoms with Gasteiger partial charge in [-0.25, -0.2) is 0 Å². The first-order chi connectivity index (χ1) is 7.18. The molecule has 0 amide bonds. The highest BCUT2D eigenvalue weighted by molar-refractivity contribution is 5.65. The fourth-order valence-electron chi connectivity index (χ4n) is 1.50. The molecule has 1 aliphatic carbocycles. The highest BCUT2D eigenvalue weighted by Crippen LogP contribution is 2.35. The minimum absolute atomic E-state index is 0.116. The second-order valence-corrected chi connectivity index (χ2v) is 3.62. The van der Waals surface area contributed by atoms with E-state index in [0.29, 0.717) is 0 Å². The van der Waals surface area contributed by atoms with Gasteiger partial charge in [-0.2, -0.15) is 0 Å². The first-order valence-electron chi connectivity index (χ1n) is 4.88. The lowest BCUT2D eigenvalue weighted by Crippen LogP contribution is -2.25. The summed E-state index contributed by atoms with van der Waals surface area (Å²) in [5, 5.41) is 10.8. The molecule has 15 heavy (non-hydrogen) atoms. The van der Waals surface area contributed by atoms with Gasteiger partial charge in [-0.15, -0.1) is 0 Å². The van der Waals surface area contributed by atoms with E-state index in [1.54, 1.807) is 12.1 Å². The fourth-order valence-corrected chi connectivity index (χ4v) is 1.50. The predicted molar refractivity (Wildman–Crippen MR) is 55.8 cm³/mol.